The number of hydrogen-bond donors (Lipinski definition) is 2. The summed E-state index contributed by atoms with van der Waals surface area (Å²) in [6, 6.07) is 34.8. The molecule has 486 valence electrons. The van der Waals surface area contributed by atoms with Crippen LogP contribution in [0.25, 0.3) is 34.4 Å². The quantitative estimate of drug-likeness (QED) is 0.0278. The topological polar surface area (TPSA) is 183 Å². The summed E-state index contributed by atoms with van der Waals surface area (Å²) in [6.07, 6.45) is 15.1. The number of amides is 2. The van der Waals surface area contributed by atoms with Gasteiger partial charge in [0, 0.05) is 70.7 Å². The highest BCUT2D eigenvalue weighted by Gasteiger charge is 2.18. The van der Waals surface area contributed by atoms with Crippen LogP contribution in [0, 0.1) is 25.5 Å². The summed E-state index contributed by atoms with van der Waals surface area (Å²) < 4.78 is 96.3. The number of halogens is 2. The fourth-order valence-corrected chi connectivity index (χ4v) is 12.4. The molecule has 8 rings (SSSR count). The Bertz CT molecular complexity index is 3800. The summed E-state index contributed by atoms with van der Waals surface area (Å²) in [7, 11) is -2.67. The number of carbonyl (C=O) groups is 2. The zero-order chi connectivity index (χ0) is 65.2. The Hall–Kier alpha value is -8.56. The van der Waals surface area contributed by atoms with E-state index >= 15 is 8.78 Å². The molecule has 0 aliphatic rings. The second-order valence-corrected chi connectivity index (χ2v) is 24.5. The molecular formula is C72H82F2N6O10S2. The van der Waals surface area contributed by atoms with Crippen molar-refractivity contribution in [3.05, 3.63) is 192 Å². The van der Waals surface area contributed by atoms with Crippen molar-refractivity contribution >= 4 is 56.9 Å². The van der Waals surface area contributed by atoms with Crippen LogP contribution < -0.4 is 29.6 Å². The predicted octanol–water partition coefficient (Wildman–Crippen LogP) is 14.9. The van der Waals surface area contributed by atoms with Gasteiger partial charge < -0.3 is 48.2 Å². The molecule has 0 unspecified atom stereocenters. The molecule has 0 saturated heterocycles. The summed E-state index contributed by atoms with van der Waals surface area (Å²) in [5, 5.41) is 5.66. The molecule has 2 N–H and O–H groups in total. The van der Waals surface area contributed by atoms with E-state index < -0.39 is 45.0 Å². The monoisotopic (exact) mass is 1290 g/mol. The maximum Gasteiger partial charge on any atom is 0.248 e. The first-order chi connectivity index (χ1) is 44.7. The van der Waals surface area contributed by atoms with Gasteiger partial charge in [-0.05, 0) is 185 Å². The second kappa shape index (κ2) is 35.9. The molecule has 0 spiro atoms. The van der Waals surface area contributed by atoms with Gasteiger partial charge in [-0.3, -0.25) is 18.0 Å². The largest absolute Gasteiger partial charge is 0.491 e. The third kappa shape index (κ3) is 20.5. The van der Waals surface area contributed by atoms with Crippen LogP contribution in [0.4, 0.5) is 20.2 Å². The number of carbonyl (C=O) groups excluding carboxylic acids is 2. The van der Waals surface area contributed by atoms with Crippen LogP contribution in [0.1, 0.15) is 100 Å². The molecule has 2 atom stereocenters. The number of imidazole rings is 2. The van der Waals surface area contributed by atoms with E-state index in [-0.39, 0.29) is 30.5 Å². The predicted molar refractivity (Wildman–Crippen MR) is 360 cm³/mol. The van der Waals surface area contributed by atoms with E-state index in [1.807, 2.05) is 73.9 Å². The van der Waals surface area contributed by atoms with Gasteiger partial charge in [-0.1, -0.05) is 50.5 Å². The first-order valence-corrected chi connectivity index (χ1v) is 33.9. The van der Waals surface area contributed by atoms with Crippen molar-refractivity contribution in [3.8, 4) is 45.3 Å². The van der Waals surface area contributed by atoms with Crippen molar-refractivity contribution in [2.45, 2.75) is 114 Å². The Labute approximate surface area is 543 Å². The Kier molecular flexibility index (Phi) is 27.0. The van der Waals surface area contributed by atoms with Gasteiger partial charge in [0.2, 0.25) is 11.8 Å². The minimum Gasteiger partial charge on any atom is -0.491 e. The van der Waals surface area contributed by atoms with E-state index in [0.29, 0.717) is 100 Å². The van der Waals surface area contributed by atoms with E-state index in [0.717, 1.165) is 85.5 Å². The third-order valence-corrected chi connectivity index (χ3v) is 17.6. The average molecular weight is 1290 g/mol. The molecule has 2 amide bonds. The molecule has 0 saturated carbocycles. The minimum absolute atomic E-state index is 0.0412. The van der Waals surface area contributed by atoms with E-state index in [2.05, 4.69) is 32.1 Å². The molecule has 0 bridgehead atoms. The zero-order valence-corrected chi connectivity index (χ0v) is 54.8. The summed E-state index contributed by atoms with van der Waals surface area (Å²) in [4.78, 5) is 36.3. The molecule has 2 heterocycles. The molecule has 16 nitrogen and oxygen atoms in total. The molecule has 0 aliphatic heterocycles. The Morgan fingerprint density at radius 2 is 0.935 bits per heavy atom. The highest BCUT2D eigenvalue weighted by atomic mass is 32.2. The van der Waals surface area contributed by atoms with Gasteiger partial charge in [0.05, 0.1) is 95.0 Å². The first-order valence-electron chi connectivity index (χ1n) is 31.2. The van der Waals surface area contributed by atoms with E-state index in [9.17, 15) is 18.0 Å². The van der Waals surface area contributed by atoms with E-state index in [4.69, 9.17) is 28.4 Å². The smallest absolute Gasteiger partial charge is 0.248 e. The zero-order valence-electron chi connectivity index (χ0n) is 53.2. The van der Waals surface area contributed by atoms with Crippen molar-refractivity contribution in [1.29, 1.82) is 0 Å². The summed E-state index contributed by atoms with van der Waals surface area (Å²) >= 11 is 0. The number of rotatable bonds is 37. The van der Waals surface area contributed by atoms with Crippen molar-refractivity contribution in [2.24, 2.45) is 0 Å². The van der Waals surface area contributed by atoms with Crippen molar-refractivity contribution in [3.63, 3.8) is 0 Å². The number of nitrogens with one attached hydrogen (secondary N) is 2. The van der Waals surface area contributed by atoms with Crippen LogP contribution in [-0.2, 0) is 65.3 Å². The van der Waals surface area contributed by atoms with Crippen molar-refractivity contribution in [2.75, 3.05) is 63.5 Å². The molecule has 0 aliphatic carbocycles. The molecule has 2 aromatic heterocycles. The fourth-order valence-electron chi connectivity index (χ4n) is 9.97. The second-order valence-electron chi connectivity index (χ2n) is 21.6. The number of aryl methyl sites for hydroxylation is 4. The number of aromatic nitrogens is 4. The van der Waals surface area contributed by atoms with Gasteiger partial charge in [-0.2, -0.15) is 0 Å². The SMILES string of the molecule is CCCCOCCOc1ccc(-c2cc(F)c(OCC)c(/C=C/C(=O)Nc3ccc([S@@](=O)Cc4c(C)ncn4CCCCCCOCCOc4ccc(-c5cc(F)c(OCC)c(/C=C/C(=O)Nc6ccc([S@](=O)Cc7c(C)ncn7CC)cc6)c5)cc4)cc3)c2)cc1. The molecular weight excluding hydrogens is 1210 g/mol. The average Bonchev–Trinajstić information content (AvgIpc) is 1.18. The van der Waals surface area contributed by atoms with Crippen LogP contribution in [0.5, 0.6) is 23.0 Å². The summed E-state index contributed by atoms with van der Waals surface area (Å²) in [5.41, 5.74) is 8.07. The number of unbranched alkanes of at least 4 members (excludes halogenated alkanes) is 4. The van der Waals surface area contributed by atoms with Gasteiger partial charge in [0.15, 0.2) is 23.1 Å². The number of hydrogen-bond acceptors (Lipinski definition) is 12. The van der Waals surface area contributed by atoms with Crippen LogP contribution in [-0.4, -0.2) is 92.2 Å². The standard InChI is InChI=1S/C72H82F2N6O10S2/c1-7-11-37-85-39-41-89-61-26-16-53(17-27-61)57-43-56(72(88-10-4)65(73)45-57)21-35-70(82)78-60-24-32-64(33-25-60)92(84)48-68-52(6)76-50-80(68)36-14-12-13-15-38-86-40-42-90-62-28-18-54(19-29-62)58-44-55(71(87-9-3)66(74)46-58)20-34-69(81)77-59-22-30-63(31-23-59)91(83)47-67-51(5)75-49-79(67)8-2/h16-35,43-46,49-50H,7-15,36-42,47-48H2,1-6H3,(H,77,81)(H,78,82)/b34-20+,35-21+/t91-,92+/m1/s1. The van der Waals surface area contributed by atoms with Gasteiger partial charge in [0.1, 0.15) is 24.7 Å². The molecule has 92 heavy (non-hydrogen) atoms. The van der Waals surface area contributed by atoms with E-state index in [1.165, 1.54) is 36.4 Å². The molecule has 6 aromatic carbocycles. The van der Waals surface area contributed by atoms with Gasteiger partial charge in [0.25, 0.3) is 0 Å². The molecule has 8 aromatic rings. The lowest BCUT2D eigenvalue weighted by atomic mass is 10.0. The van der Waals surface area contributed by atoms with Crippen LogP contribution in [0.15, 0.2) is 156 Å². The lowest BCUT2D eigenvalue weighted by Crippen LogP contribution is -2.09. The summed E-state index contributed by atoms with van der Waals surface area (Å²) in [5.74, 6) is 0.0740. The maximum atomic E-state index is 15.5. The maximum absolute atomic E-state index is 15.5. The lowest BCUT2D eigenvalue weighted by Gasteiger charge is -2.12. The first kappa shape index (κ1) is 69.3. The Morgan fingerprint density at radius 3 is 1.38 bits per heavy atom. The number of benzene rings is 6. The highest BCUT2D eigenvalue weighted by Crippen LogP contribution is 2.34. The van der Waals surface area contributed by atoms with Crippen molar-refractivity contribution in [1.82, 2.24) is 19.1 Å². The van der Waals surface area contributed by atoms with Gasteiger partial charge in [-0.15, -0.1) is 0 Å². The normalized spacial score (nSPS) is 12.1. The van der Waals surface area contributed by atoms with Gasteiger partial charge in [-0.25, -0.2) is 18.7 Å². The lowest BCUT2D eigenvalue weighted by molar-refractivity contribution is -0.112. The molecule has 0 radical (unpaired) electrons. The summed E-state index contributed by atoms with van der Waals surface area (Å²) in [6.45, 7) is 16.4. The molecule has 0 fully saturated rings. The van der Waals surface area contributed by atoms with Crippen molar-refractivity contribution < 1.29 is 55.2 Å². The van der Waals surface area contributed by atoms with Crippen LogP contribution >= 0.6 is 0 Å². The van der Waals surface area contributed by atoms with E-state index in [1.54, 1.807) is 87.2 Å². The highest BCUT2D eigenvalue weighted by molar-refractivity contribution is 7.84. The number of ether oxygens (including phenoxy) is 6. The Balaban J connectivity index is 0.722. The number of anilines is 2. The van der Waals surface area contributed by atoms with Crippen LogP contribution in [0.2, 0.25) is 0 Å². The number of nitrogens with zero attached hydrogens (tertiary/aromatic N) is 4. The molecule has 20 heteroatoms. The minimum atomic E-state index is -1.37. The van der Waals surface area contributed by atoms with Crippen LogP contribution in [0.3, 0.4) is 0 Å². The Morgan fingerprint density at radius 1 is 0.500 bits per heavy atom. The fraction of sp³-hybridized carbons (Fsp3) is 0.333. The van der Waals surface area contributed by atoms with Gasteiger partial charge >= 0.3 is 0 Å². The third-order valence-electron chi connectivity index (χ3n) is 15.0.